The van der Waals surface area contributed by atoms with E-state index in [0.717, 1.165) is 11.3 Å². The Morgan fingerprint density at radius 1 is 1.26 bits per heavy atom. The fourth-order valence-corrected chi connectivity index (χ4v) is 2.09. The molecule has 104 valence electrons. The van der Waals surface area contributed by atoms with Crippen LogP contribution < -0.4 is 4.74 Å². The molecule has 5 heteroatoms. The Balaban J connectivity index is 2.39. The van der Waals surface area contributed by atoms with E-state index in [9.17, 15) is 8.42 Å². The van der Waals surface area contributed by atoms with Gasteiger partial charge in [-0.3, -0.25) is 0 Å². The average molecular weight is 301 g/mol. The Hall–Kier alpha value is -1.18. The van der Waals surface area contributed by atoms with Gasteiger partial charge in [0.2, 0.25) is 0 Å². The number of hydrogen-bond acceptors (Lipinski definition) is 3. The number of ether oxygens (including phenoxy) is 1. The van der Waals surface area contributed by atoms with Crippen molar-refractivity contribution in [1.29, 1.82) is 0 Å². The van der Waals surface area contributed by atoms with Crippen molar-refractivity contribution in [1.82, 2.24) is 0 Å². The van der Waals surface area contributed by atoms with Crippen molar-refractivity contribution in [3.8, 4) is 17.6 Å². The van der Waals surface area contributed by atoms with Gasteiger partial charge in [0.15, 0.2) is 0 Å². The number of benzene rings is 1. The number of sulfone groups is 1. The molecule has 0 aliphatic carbocycles. The van der Waals surface area contributed by atoms with Crippen LogP contribution in [0.25, 0.3) is 0 Å². The highest BCUT2D eigenvalue weighted by Crippen LogP contribution is 2.11. The van der Waals surface area contributed by atoms with Gasteiger partial charge in [0, 0.05) is 24.1 Å². The monoisotopic (exact) mass is 300 g/mol. The predicted octanol–water partition coefficient (Wildman–Crippen LogP) is 2.48. The van der Waals surface area contributed by atoms with E-state index < -0.39 is 9.84 Å². The van der Waals surface area contributed by atoms with Crippen LogP contribution >= 0.6 is 11.6 Å². The fraction of sp³-hybridized carbons (Fsp3) is 0.429. The van der Waals surface area contributed by atoms with Crippen molar-refractivity contribution in [2.75, 3.05) is 24.5 Å². The number of alkyl halides is 1. The van der Waals surface area contributed by atoms with E-state index in [2.05, 4.69) is 11.8 Å². The molecule has 0 fully saturated rings. The minimum absolute atomic E-state index is 0.148. The third kappa shape index (κ3) is 7.76. The van der Waals surface area contributed by atoms with E-state index in [-0.39, 0.29) is 5.75 Å². The molecule has 0 unspecified atom stereocenters. The van der Waals surface area contributed by atoms with Gasteiger partial charge in [-0.2, -0.15) is 0 Å². The normalized spacial score (nSPS) is 10.6. The van der Waals surface area contributed by atoms with Gasteiger partial charge in [-0.15, -0.1) is 11.6 Å². The summed E-state index contributed by atoms with van der Waals surface area (Å²) >= 11 is 5.53. The Labute approximate surface area is 119 Å². The highest BCUT2D eigenvalue weighted by Gasteiger charge is 2.01. The Morgan fingerprint density at radius 3 is 2.53 bits per heavy atom. The molecule has 0 atom stereocenters. The van der Waals surface area contributed by atoms with Gasteiger partial charge >= 0.3 is 0 Å². The summed E-state index contributed by atoms with van der Waals surface area (Å²) in [6.45, 7) is 0.393. The molecule has 0 saturated heterocycles. The quantitative estimate of drug-likeness (QED) is 0.460. The molecule has 0 radical (unpaired) electrons. The molecule has 3 nitrogen and oxygen atoms in total. The second-order valence-corrected chi connectivity index (χ2v) is 6.73. The van der Waals surface area contributed by atoms with Crippen LogP contribution in [-0.2, 0) is 9.84 Å². The van der Waals surface area contributed by atoms with Gasteiger partial charge in [0.1, 0.15) is 15.6 Å². The van der Waals surface area contributed by atoms with Crippen LogP contribution in [0.3, 0.4) is 0 Å². The van der Waals surface area contributed by atoms with Gasteiger partial charge < -0.3 is 4.74 Å². The summed E-state index contributed by atoms with van der Waals surface area (Å²) in [5.41, 5.74) is 0.911. The SMILES string of the molecule is CS(=O)(=O)CCCOc1ccc(C#CCCCl)cc1. The minimum atomic E-state index is -2.91. The third-order valence-corrected chi connectivity index (χ3v) is 3.45. The highest BCUT2D eigenvalue weighted by molar-refractivity contribution is 7.90. The summed E-state index contributed by atoms with van der Waals surface area (Å²) < 4.78 is 27.3. The zero-order chi connectivity index (χ0) is 14.1. The van der Waals surface area contributed by atoms with Crippen LogP contribution in [0, 0.1) is 11.8 Å². The summed E-state index contributed by atoms with van der Waals surface area (Å²) in [6, 6.07) is 7.39. The highest BCUT2D eigenvalue weighted by atomic mass is 35.5. The first-order chi connectivity index (χ1) is 9.01. The second-order valence-electron chi connectivity index (χ2n) is 4.10. The van der Waals surface area contributed by atoms with Crippen molar-refractivity contribution in [2.24, 2.45) is 0 Å². The maximum atomic E-state index is 10.9. The molecule has 0 bridgehead atoms. The van der Waals surface area contributed by atoms with Crippen molar-refractivity contribution in [2.45, 2.75) is 12.8 Å². The molecule has 1 rings (SSSR count). The standard InChI is InChI=1S/C14H17ClO3S/c1-19(16,17)12-4-11-18-14-8-6-13(7-9-14)5-2-3-10-15/h6-9H,3-4,10-12H2,1H3. The summed E-state index contributed by atoms with van der Waals surface area (Å²) in [5.74, 6) is 7.34. The third-order valence-electron chi connectivity index (χ3n) is 2.23. The van der Waals surface area contributed by atoms with E-state index in [0.29, 0.717) is 25.3 Å². The lowest BCUT2D eigenvalue weighted by Crippen LogP contribution is -2.07. The molecule has 19 heavy (non-hydrogen) atoms. The molecule has 0 spiro atoms. The van der Waals surface area contributed by atoms with Crippen LogP contribution in [-0.4, -0.2) is 32.9 Å². The summed E-state index contributed by atoms with van der Waals surface area (Å²) in [7, 11) is -2.91. The molecular weight excluding hydrogens is 284 g/mol. The van der Waals surface area contributed by atoms with Crippen molar-refractivity contribution in [3.05, 3.63) is 29.8 Å². The summed E-state index contributed by atoms with van der Waals surface area (Å²) in [6.07, 6.45) is 2.39. The van der Waals surface area contributed by atoms with Crippen LogP contribution in [0.5, 0.6) is 5.75 Å². The maximum Gasteiger partial charge on any atom is 0.147 e. The number of rotatable bonds is 6. The first kappa shape index (κ1) is 15.9. The molecule has 0 saturated carbocycles. The second kappa shape index (κ2) is 8.08. The molecule has 0 heterocycles. The van der Waals surface area contributed by atoms with Gasteiger partial charge in [0.25, 0.3) is 0 Å². The first-order valence-corrected chi connectivity index (χ1v) is 8.56. The summed E-state index contributed by atoms with van der Waals surface area (Å²) in [4.78, 5) is 0. The first-order valence-electron chi connectivity index (χ1n) is 5.97. The molecule has 0 N–H and O–H groups in total. The average Bonchev–Trinajstić information content (AvgIpc) is 2.36. The Morgan fingerprint density at radius 2 is 1.95 bits per heavy atom. The fourth-order valence-electron chi connectivity index (χ4n) is 1.36. The molecule has 0 amide bonds. The van der Waals surface area contributed by atoms with E-state index in [1.54, 1.807) is 0 Å². The molecule has 1 aromatic carbocycles. The van der Waals surface area contributed by atoms with Crippen LogP contribution in [0.2, 0.25) is 0 Å². The van der Waals surface area contributed by atoms with E-state index in [4.69, 9.17) is 16.3 Å². The van der Waals surface area contributed by atoms with Gasteiger partial charge in [0.05, 0.1) is 12.4 Å². The van der Waals surface area contributed by atoms with Crippen molar-refractivity contribution in [3.63, 3.8) is 0 Å². The molecular formula is C14H17ClO3S. The van der Waals surface area contributed by atoms with Gasteiger partial charge in [-0.1, -0.05) is 11.8 Å². The van der Waals surface area contributed by atoms with Crippen molar-refractivity contribution < 1.29 is 13.2 Å². The van der Waals surface area contributed by atoms with E-state index in [1.165, 1.54) is 6.26 Å². The topological polar surface area (TPSA) is 43.4 Å². The summed E-state index contributed by atoms with van der Waals surface area (Å²) in [5, 5.41) is 0. The number of hydrogen-bond donors (Lipinski definition) is 0. The molecule has 0 aromatic heterocycles. The zero-order valence-electron chi connectivity index (χ0n) is 10.9. The van der Waals surface area contributed by atoms with Crippen LogP contribution in [0.1, 0.15) is 18.4 Å². The molecule has 0 aliphatic heterocycles. The van der Waals surface area contributed by atoms with E-state index in [1.807, 2.05) is 24.3 Å². The zero-order valence-corrected chi connectivity index (χ0v) is 12.4. The Kier molecular flexibility index (Phi) is 6.75. The Bertz CT molecular complexity index is 538. The van der Waals surface area contributed by atoms with Crippen LogP contribution in [0.4, 0.5) is 0 Å². The van der Waals surface area contributed by atoms with Gasteiger partial charge in [-0.25, -0.2) is 8.42 Å². The maximum absolute atomic E-state index is 10.9. The number of halogens is 1. The lowest BCUT2D eigenvalue weighted by Gasteiger charge is -2.05. The van der Waals surface area contributed by atoms with Crippen molar-refractivity contribution >= 4 is 21.4 Å². The van der Waals surface area contributed by atoms with E-state index >= 15 is 0 Å². The minimum Gasteiger partial charge on any atom is -0.494 e. The largest absolute Gasteiger partial charge is 0.494 e. The van der Waals surface area contributed by atoms with Gasteiger partial charge in [-0.05, 0) is 30.7 Å². The van der Waals surface area contributed by atoms with Crippen LogP contribution in [0.15, 0.2) is 24.3 Å². The molecule has 1 aromatic rings. The predicted molar refractivity (Wildman–Crippen MR) is 78.5 cm³/mol. The smallest absolute Gasteiger partial charge is 0.147 e. The lowest BCUT2D eigenvalue weighted by atomic mass is 10.2. The lowest BCUT2D eigenvalue weighted by molar-refractivity contribution is 0.317. The molecule has 0 aliphatic rings.